The second kappa shape index (κ2) is 13.0. The number of benzene rings is 2. The lowest BCUT2D eigenvalue weighted by Crippen LogP contribution is -2.41. The summed E-state index contributed by atoms with van der Waals surface area (Å²) < 4.78 is 5.88. The third kappa shape index (κ3) is 7.00. The number of unbranched alkanes of at least 4 members (excludes halogenated alkanes) is 4. The van der Waals surface area contributed by atoms with Crippen LogP contribution in [0.15, 0.2) is 48.5 Å². The third-order valence-corrected chi connectivity index (χ3v) is 14.4. The first-order valence-electron chi connectivity index (χ1n) is 14.5. The van der Waals surface area contributed by atoms with Crippen LogP contribution in [0.1, 0.15) is 96.0 Å². The summed E-state index contributed by atoms with van der Waals surface area (Å²) >= 11 is 0. The zero-order valence-electron chi connectivity index (χ0n) is 22.0. The van der Waals surface area contributed by atoms with E-state index in [9.17, 15) is 0 Å². The summed E-state index contributed by atoms with van der Waals surface area (Å²) in [6.45, 7) is 5.39. The van der Waals surface area contributed by atoms with Crippen molar-refractivity contribution in [1.82, 2.24) is 0 Å². The van der Waals surface area contributed by atoms with E-state index in [-0.39, 0.29) is 0 Å². The van der Waals surface area contributed by atoms with Gasteiger partial charge < -0.3 is 4.74 Å². The Morgan fingerprint density at radius 1 is 0.676 bits per heavy atom. The van der Waals surface area contributed by atoms with E-state index in [2.05, 4.69) is 62.4 Å². The molecule has 2 aromatic carbocycles. The Labute approximate surface area is 210 Å². The second-order valence-electron chi connectivity index (χ2n) is 11.4. The monoisotopic (exact) mass is 476 g/mol. The molecule has 0 N–H and O–H groups in total. The summed E-state index contributed by atoms with van der Waals surface area (Å²) in [6.07, 6.45) is 15.5. The van der Waals surface area contributed by atoms with E-state index < -0.39 is 8.07 Å². The molecule has 34 heavy (non-hydrogen) atoms. The van der Waals surface area contributed by atoms with E-state index in [0.29, 0.717) is 0 Å². The van der Waals surface area contributed by atoms with Gasteiger partial charge in [0.15, 0.2) is 0 Å². The molecule has 1 spiro atoms. The van der Waals surface area contributed by atoms with E-state index in [1.165, 1.54) is 62.5 Å². The Kier molecular flexibility index (Phi) is 9.74. The van der Waals surface area contributed by atoms with E-state index in [1.807, 2.05) is 0 Å². The van der Waals surface area contributed by atoms with Gasteiger partial charge in [-0.25, -0.2) is 0 Å². The van der Waals surface area contributed by atoms with Gasteiger partial charge in [0.1, 0.15) is 5.75 Å². The lowest BCUT2D eigenvalue weighted by molar-refractivity contribution is 0.306. The highest BCUT2D eigenvalue weighted by Gasteiger charge is 2.40. The van der Waals surface area contributed by atoms with Crippen molar-refractivity contribution in [3.8, 4) is 16.9 Å². The van der Waals surface area contributed by atoms with Crippen molar-refractivity contribution in [3.05, 3.63) is 54.1 Å². The van der Waals surface area contributed by atoms with Gasteiger partial charge in [0.2, 0.25) is 0 Å². The summed E-state index contributed by atoms with van der Waals surface area (Å²) in [4.78, 5) is 0. The van der Waals surface area contributed by atoms with Gasteiger partial charge in [-0.15, -0.1) is 0 Å². The highest BCUT2D eigenvalue weighted by atomic mass is 28.3. The first-order valence-corrected chi connectivity index (χ1v) is 17.4. The van der Waals surface area contributed by atoms with Crippen LogP contribution in [-0.4, -0.2) is 14.7 Å². The summed E-state index contributed by atoms with van der Waals surface area (Å²) in [7, 11) is -0.929. The molecular formula is C32H48OSi. The van der Waals surface area contributed by atoms with Crippen LogP contribution in [0.3, 0.4) is 0 Å². The summed E-state index contributed by atoms with van der Waals surface area (Å²) in [5.74, 6) is 2.86. The van der Waals surface area contributed by atoms with E-state index >= 15 is 0 Å². The Morgan fingerprint density at radius 3 is 1.85 bits per heavy atom. The molecular weight excluding hydrogens is 428 g/mol. The van der Waals surface area contributed by atoms with Crippen molar-refractivity contribution in [3.63, 3.8) is 0 Å². The van der Waals surface area contributed by atoms with Crippen molar-refractivity contribution in [1.29, 1.82) is 0 Å². The Morgan fingerprint density at radius 2 is 1.24 bits per heavy atom. The molecule has 0 bridgehead atoms. The smallest absolute Gasteiger partial charge is 0.119 e. The van der Waals surface area contributed by atoms with Crippen LogP contribution in [0.5, 0.6) is 5.75 Å². The number of hydrogen-bond acceptors (Lipinski definition) is 1. The minimum absolute atomic E-state index is 0.799. The maximum absolute atomic E-state index is 5.88. The fourth-order valence-corrected chi connectivity index (χ4v) is 12.0. The van der Waals surface area contributed by atoms with Crippen LogP contribution in [0.2, 0.25) is 24.2 Å². The molecule has 2 fully saturated rings. The minimum atomic E-state index is -0.929. The molecule has 0 aliphatic carbocycles. The van der Waals surface area contributed by atoms with Gasteiger partial charge in [0.25, 0.3) is 0 Å². The largest absolute Gasteiger partial charge is 0.494 e. The predicted octanol–water partition coefficient (Wildman–Crippen LogP) is 10.2. The maximum Gasteiger partial charge on any atom is 0.119 e. The quantitative estimate of drug-likeness (QED) is 0.231. The average molecular weight is 477 g/mol. The zero-order chi connectivity index (χ0) is 23.6. The number of hydrogen-bond donors (Lipinski definition) is 0. The van der Waals surface area contributed by atoms with Crippen molar-refractivity contribution in [2.45, 2.75) is 115 Å². The van der Waals surface area contributed by atoms with Gasteiger partial charge in [-0.3, -0.25) is 0 Å². The fourth-order valence-electron chi connectivity index (χ4n) is 6.56. The molecule has 0 aromatic heterocycles. The van der Waals surface area contributed by atoms with Crippen LogP contribution in [0.25, 0.3) is 11.1 Å². The van der Waals surface area contributed by atoms with Crippen LogP contribution in [-0.2, 0) is 0 Å². The molecule has 2 heterocycles. The van der Waals surface area contributed by atoms with Crippen molar-refractivity contribution >= 4 is 8.07 Å². The highest BCUT2D eigenvalue weighted by molar-refractivity contribution is 6.80. The zero-order valence-corrected chi connectivity index (χ0v) is 23.0. The molecule has 2 aliphatic heterocycles. The number of ether oxygens (including phenoxy) is 1. The molecule has 0 unspecified atom stereocenters. The van der Waals surface area contributed by atoms with Crippen molar-refractivity contribution < 1.29 is 4.74 Å². The molecule has 186 valence electrons. The average Bonchev–Trinajstić information content (AvgIpc) is 2.89. The SMILES string of the molecule is CCCCCOc1ccc(-c2ccc(C3CC[Si]4(CCC(CCCCC)CC4)CC3)cc2)cc1. The molecule has 0 saturated carbocycles. The Hall–Kier alpha value is -1.54. The molecule has 0 atom stereocenters. The summed E-state index contributed by atoms with van der Waals surface area (Å²) in [5.41, 5.74) is 4.19. The Bertz CT molecular complexity index is 822. The van der Waals surface area contributed by atoms with Gasteiger partial charge in [-0.1, -0.05) is 126 Å². The van der Waals surface area contributed by atoms with Gasteiger partial charge in [0, 0.05) is 0 Å². The van der Waals surface area contributed by atoms with Crippen LogP contribution >= 0.6 is 0 Å². The normalized spacial score (nSPS) is 24.9. The highest BCUT2D eigenvalue weighted by Crippen LogP contribution is 2.47. The van der Waals surface area contributed by atoms with Crippen molar-refractivity contribution in [2.75, 3.05) is 6.61 Å². The lowest BCUT2D eigenvalue weighted by Gasteiger charge is -2.43. The van der Waals surface area contributed by atoms with Gasteiger partial charge in [-0.05, 0) is 59.9 Å². The molecule has 1 nitrogen and oxygen atoms in total. The number of rotatable bonds is 11. The molecule has 0 radical (unpaired) electrons. The van der Waals surface area contributed by atoms with Gasteiger partial charge in [0.05, 0.1) is 14.7 Å². The maximum atomic E-state index is 5.88. The minimum Gasteiger partial charge on any atom is -0.494 e. The molecule has 2 aromatic rings. The van der Waals surface area contributed by atoms with E-state index in [1.54, 1.807) is 42.6 Å². The standard InChI is InChI=1S/C32H48OSi/c1-3-5-7-9-27-18-23-34(24-19-27)25-20-31(21-26-34)29-12-10-28(11-13-29)30-14-16-32(17-15-30)33-22-8-6-4-2/h10-17,27,31H,3-9,18-26H2,1-2H3. The topological polar surface area (TPSA) is 9.23 Å². The van der Waals surface area contributed by atoms with Gasteiger partial charge >= 0.3 is 0 Å². The third-order valence-electron chi connectivity index (χ3n) is 9.01. The molecule has 4 rings (SSSR count). The summed E-state index contributed by atoms with van der Waals surface area (Å²) in [5, 5.41) is 0. The molecule has 0 amide bonds. The molecule has 2 saturated heterocycles. The van der Waals surface area contributed by atoms with Gasteiger partial charge in [-0.2, -0.15) is 0 Å². The Balaban J connectivity index is 1.24. The first kappa shape index (κ1) is 25.5. The van der Waals surface area contributed by atoms with Crippen LogP contribution in [0, 0.1) is 5.92 Å². The van der Waals surface area contributed by atoms with E-state index in [0.717, 1.165) is 30.6 Å². The first-order chi connectivity index (χ1) is 16.7. The molecule has 2 aliphatic rings. The summed E-state index contributed by atoms with van der Waals surface area (Å²) in [6, 6.07) is 24.7. The molecule has 2 heteroatoms. The second-order valence-corrected chi connectivity index (χ2v) is 16.4. The van der Waals surface area contributed by atoms with Crippen LogP contribution in [0.4, 0.5) is 0 Å². The van der Waals surface area contributed by atoms with Crippen molar-refractivity contribution in [2.24, 2.45) is 5.92 Å². The van der Waals surface area contributed by atoms with E-state index in [4.69, 9.17) is 4.74 Å². The lowest BCUT2D eigenvalue weighted by atomic mass is 9.92. The fraction of sp³-hybridized carbons (Fsp3) is 0.625. The van der Waals surface area contributed by atoms with Crippen LogP contribution < -0.4 is 4.74 Å². The predicted molar refractivity (Wildman–Crippen MR) is 151 cm³/mol.